The number of amides is 1. The molecule has 0 aliphatic carbocycles. The molecule has 0 radical (unpaired) electrons. The number of carbonyl (C=O) groups excluding carboxylic acids is 1. The molecule has 0 saturated carbocycles. The largest absolute Gasteiger partial charge is 0.385 e. The highest BCUT2D eigenvalue weighted by Gasteiger charge is 2.18. The number of carbonyl (C=O) groups is 1. The minimum absolute atomic E-state index is 0.0101. The van der Waals surface area contributed by atoms with Crippen LogP contribution < -0.4 is 10.9 Å². The van der Waals surface area contributed by atoms with Crippen molar-refractivity contribution in [2.75, 3.05) is 20.3 Å². The summed E-state index contributed by atoms with van der Waals surface area (Å²) < 4.78 is 29.8. The molecule has 106 valence electrons. The third kappa shape index (κ3) is 4.39. The summed E-state index contributed by atoms with van der Waals surface area (Å²) in [6.07, 6.45) is -2.22. The second kappa shape index (κ2) is 7.34. The zero-order valence-electron chi connectivity index (χ0n) is 10.1. The normalized spacial score (nSPS) is 10.8. The van der Waals surface area contributed by atoms with Gasteiger partial charge in [-0.1, -0.05) is 0 Å². The van der Waals surface area contributed by atoms with Crippen molar-refractivity contribution in [3.8, 4) is 0 Å². The van der Waals surface area contributed by atoms with Gasteiger partial charge in [-0.25, -0.2) is 8.78 Å². The van der Waals surface area contributed by atoms with Crippen molar-refractivity contribution in [2.45, 2.75) is 12.8 Å². The number of pyridine rings is 1. The maximum absolute atomic E-state index is 12.5. The maximum atomic E-state index is 12.5. The summed E-state index contributed by atoms with van der Waals surface area (Å²) in [5.41, 5.74) is -1.60. The van der Waals surface area contributed by atoms with Crippen LogP contribution in [0.1, 0.15) is 28.9 Å². The number of H-pyrrole nitrogens is 1. The van der Waals surface area contributed by atoms with Crippen molar-refractivity contribution in [2.24, 2.45) is 0 Å². The Labute approximate surface area is 116 Å². The summed E-state index contributed by atoms with van der Waals surface area (Å²) in [5, 5.41) is 2.50. The molecule has 1 amide bonds. The van der Waals surface area contributed by atoms with Crippen molar-refractivity contribution in [3.63, 3.8) is 0 Å². The second-order valence-corrected chi connectivity index (χ2v) is 4.53. The molecule has 0 aliphatic rings. The molecule has 0 aliphatic heterocycles. The summed E-state index contributed by atoms with van der Waals surface area (Å²) in [7, 11) is 1.53. The number of nitrogens with one attached hydrogen (secondary N) is 2. The van der Waals surface area contributed by atoms with Crippen LogP contribution in [0.2, 0.25) is 0 Å². The van der Waals surface area contributed by atoms with E-state index in [2.05, 4.69) is 21.2 Å². The van der Waals surface area contributed by atoms with Gasteiger partial charge < -0.3 is 15.0 Å². The number of alkyl halides is 2. The van der Waals surface area contributed by atoms with Crippen molar-refractivity contribution in [1.29, 1.82) is 0 Å². The van der Waals surface area contributed by atoms with E-state index in [0.29, 0.717) is 19.6 Å². The number of hydrogen-bond acceptors (Lipinski definition) is 3. The van der Waals surface area contributed by atoms with Gasteiger partial charge in [0.15, 0.2) is 0 Å². The third-order valence-electron chi connectivity index (χ3n) is 2.29. The Bertz CT molecular complexity index is 505. The van der Waals surface area contributed by atoms with Crippen LogP contribution in [0.25, 0.3) is 0 Å². The Kier molecular flexibility index (Phi) is 6.10. The monoisotopic (exact) mass is 338 g/mol. The molecule has 19 heavy (non-hydrogen) atoms. The van der Waals surface area contributed by atoms with Crippen molar-refractivity contribution in [3.05, 3.63) is 32.2 Å². The average molecular weight is 339 g/mol. The van der Waals surface area contributed by atoms with Crippen molar-refractivity contribution < 1.29 is 18.3 Å². The van der Waals surface area contributed by atoms with Gasteiger partial charge in [-0.2, -0.15) is 0 Å². The highest BCUT2D eigenvalue weighted by molar-refractivity contribution is 9.10. The first-order chi connectivity index (χ1) is 8.97. The summed E-state index contributed by atoms with van der Waals surface area (Å²) in [4.78, 5) is 25.2. The fraction of sp³-hybridized carbons (Fsp3) is 0.455. The van der Waals surface area contributed by atoms with Crippen LogP contribution in [-0.4, -0.2) is 31.2 Å². The van der Waals surface area contributed by atoms with Crippen LogP contribution in [-0.2, 0) is 4.74 Å². The Morgan fingerprint density at radius 1 is 1.58 bits per heavy atom. The molecule has 0 atom stereocenters. The highest BCUT2D eigenvalue weighted by Crippen LogP contribution is 2.24. The number of halogens is 3. The predicted octanol–water partition coefficient (Wildman–Crippen LogP) is 1.84. The first-order valence-corrected chi connectivity index (χ1v) is 6.24. The summed E-state index contributed by atoms with van der Waals surface area (Å²) >= 11 is 2.89. The van der Waals surface area contributed by atoms with E-state index in [1.807, 2.05) is 4.98 Å². The third-order valence-corrected chi connectivity index (χ3v) is 2.95. The van der Waals surface area contributed by atoms with Gasteiger partial charge in [-0.3, -0.25) is 9.59 Å². The zero-order chi connectivity index (χ0) is 14.4. The van der Waals surface area contributed by atoms with Gasteiger partial charge >= 0.3 is 0 Å². The number of methoxy groups -OCH3 is 1. The molecular weight excluding hydrogens is 326 g/mol. The van der Waals surface area contributed by atoms with Gasteiger partial charge in [0.2, 0.25) is 0 Å². The van der Waals surface area contributed by atoms with E-state index in [1.165, 1.54) is 7.11 Å². The van der Waals surface area contributed by atoms with E-state index in [-0.39, 0.29) is 10.0 Å². The van der Waals surface area contributed by atoms with Crippen LogP contribution in [0.3, 0.4) is 0 Å². The fourth-order valence-electron chi connectivity index (χ4n) is 1.36. The lowest BCUT2D eigenvalue weighted by atomic mass is 10.2. The minimum Gasteiger partial charge on any atom is -0.385 e. The topological polar surface area (TPSA) is 71.2 Å². The number of ether oxygens (including phenoxy) is 1. The second-order valence-electron chi connectivity index (χ2n) is 3.68. The van der Waals surface area contributed by atoms with Crippen LogP contribution in [0, 0.1) is 0 Å². The van der Waals surface area contributed by atoms with Gasteiger partial charge in [0, 0.05) is 24.7 Å². The molecule has 0 unspecified atom stereocenters. The van der Waals surface area contributed by atoms with Crippen LogP contribution >= 0.6 is 15.9 Å². The first kappa shape index (κ1) is 15.8. The Morgan fingerprint density at radius 2 is 2.26 bits per heavy atom. The van der Waals surface area contributed by atoms with Crippen LogP contribution in [0.4, 0.5) is 8.78 Å². The highest BCUT2D eigenvalue weighted by atomic mass is 79.9. The van der Waals surface area contributed by atoms with E-state index in [4.69, 9.17) is 4.74 Å². The molecule has 0 spiro atoms. The van der Waals surface area contributed by atoms with Gasteiger partial charge in [-0.15, -0.1) is 0 Å². The summed E-state index contributed by atoms with van der Waals surface area (Å²) in [6.45, 7) is 0.810. The molecule has 1 aromatic heterocycles. The quantitative estimate of drug-likeness (QED) is 0.777. The van der Waals surface area contributed by atoms with Crippen molar-refractivity contribution in [1.82, 2.24) is 10.3 Å². The van der Waals surface area contributed by atoms with Gasteiger partial charge in [-0.05, 0) is 28.4 Å². The van der Waals surface area contributed by atoms with Crippen LogP contribution in [0.15, 0.2) is 15.3 Å². The molecule has 0 aromatic carbocycles. The summed E-state index contributed by atoms with van der Waals surface area (Å²) in [5.74, 6) is -0.612. The Morgan fingerprint density at radius 3 is 2.84 bits per heavy atom. The minimum atomic E-state index is -2.82. The lowest BCUT2D eigenvalue weighted by Crippen LogP contribution is -2.31. The average Bonchev–Trinajstić information content (AvgIpc) is 2.36. The molecular formula is C11H13BrF2N2O3. The molecule has 8 heteroatoms. The maximum Gasteiger partial charge on any atom is 0.279 e. The SMILES string of the molecule is COCCCNC(=O)c1cc(Br)c(C(F)F)[nH]c1=O. The smallest absolute Gasteiger partial charge is 0.279 e. The molecule has 1 aromatic rings. The van der Waals surface area contributed by atoms with E-state index in [9.17, 15) is 18.4 Å². The zero-order valence-corrected chi connectivity index (χ0v) is 11.7. The lowest BCUT2D eigenvalue weighted by Gasteiger charge is -2.07. The van der Waals surface area contributed by atoms with Crippen molar-refractivity contribution >= 4 is 21.8 Å². The Balaban J connectivity index is 2.81. The van der Waals surface area contributed by atoms with E-state index >= 15 is 0 Å². The molecule has 0 saturated heterocycles. The van der Waals surface area contributed by atoms with E-state index in [0.717, 1.165) is 6.07 Å². The number of hydrogen-bond donors (Lipinski definition) is 2. The standard InChI is InChI=1S/C11H13BrF2N2O3/c1-19-4-2-3-15-10(17)6-5-7(12)8(9(13)14)16-11(6)18/h5,9H,2-4H2,1H3,(H,15,17)(H,16,18). The van der Waals surface area contributed by atoms with E-state index < -0.39 is 23.6 Å². The van der Waals surface area contributed by atoms with Gasteiger partial charge in [0.05, 0.1) is 5.69 Å². The lowest BCUT2D eigenvalue weighted by molar-refractivity contribution is 0.0946. The molecule has 0 fully saturated rings. The first-order valence-electron chi connectivity index (χ1n) is 5.45. The Hall–Kier alpha value is -1.28. The van der Waals surface area contributed by atoms with Crippen LogP contribution in [0.5, 0.6) is 0 Å². The number of aromatic nitrogens is 1. The van der Waals surface area contributed by atoms with E-state index in [1.54, 1.807) is 0 Å². The molecule has 1 heterocycles. The number of rotatable bonds is 6. The molecule has 2 N–H and O–H groups in total. The number of aromatic amines is 1. The van der Waals surface area contributed by atoms with Gasteiger partial charge in [0.1, 0.15) is 5.56 Å². The predicted molar refractivity (Wildman–Crippen MR) is 68.5 cm³/mol. The molecule has 1 rings (SSSR count). The molecule has 0 bridgehead atoms. The fourth-order valence-corrected chi connectivity index (χ4v) is 1.86. The summed E-state index contributed by atoms with van der Waals surface area (Å²) in [6, 6.07) is 1.09. The molecule has 5 nitrogen and oxygen atoms in total. The van der Waals surface area contributed by atoms with Gasteiger partial charge in [0.25, 0.3) is 17.9 Å².